The Morgan fingerprint density at radius 3 is 2.62 bits per heavy atom. The fourth-order valence-electron chi connectivity index (χ4n) is 4.24. The van der Waals surface area contributed by atoms with E-state index in [0.717, 1.165) is 45.8 Å². The number of fused-ring (bicyclic) bond motifs is 1. The summed E-state index contributed by atoms with van der Waals surface area (Å²) in [4.78, 5) is 13.3. The van der Waals surface area contributed by atoms with Crippen molar-refractivity contribution < 1.29 is 14.3 Å². The topological polar surface area (TPSA) is 76.9 Å². The molecular formula is C27H26N4O3. The second-order valence-electron chi connectivity index (χ2n) is 8.17. The summed E-state index contributed by atoms with van der Waals surface area (Å²) in [5.74, 6) is 1.58. The summed E-state index contributed by atoms with van der Waals surface area (Å²) < 4.78 is 12.8. The quantitative estimate of drug-likeness (QED) is 0.438. The minimum Gasteiger partial charge on any atom is -0.497 e. The van der Waals surface area contributed by atoms with Gasteiger partial charge in [-0.15, -0.1) is 0 Å². The normalized spacial score (nSPS) is 14.7. The molecule has 2 heterocycles. The van der Waals surface area contributed by atoms with Crippen molar-refractivity contribution in [3.63, 3.8) is 0 Å². The monoisotopic (exact) mass is 454 g/mol. The van der Waals surface area contributed by atoms with Crippen molar-refractivity contribution in [3.05, 3.63) is 89.6 Å². The first-order valence-corrected chi connectivity index (χ1v) is 11.1. The molecule has 1 aromatic heterocycles. The van der Waals surface area contributed by atoms with Crippen molar-refractivity contribution in [2.24, 2.45) is 5.10 Å². The van der Waals surface area contributed by atoms with E-state index in [4.69, 9.17) is 9.47 Å². The standard InChI is InChI=1S/C27H26N4O3/c1-33-22-7-3-5-18(11-22)14-28-27(32)25-17-31(21-6-4-8-23(13-21)34-2)26-12-19(9-10-24(25)26)20-15-29-30-16-20/h3-13,15,17,20,30H,14,16H2,1-2H3,(H,28,32). The van der Waals surface area contributed by atoms with Crippen molar-refractivity contribution in [1.29, 1.82) is 0 Å². The molecule has 5 rings (SSSR count). The molecule has 3 aromatic carbocycles. The van der Waals surface area contributed by atoms with E-state index in [2.05, 4.69) is 28.0 Å². The van der Waals surface area contributed by atoms with Gasteiger partial charge in [-0.2, -0.15) is 5.10 Å². The van der Waals surface area contributed by atoms with Crippen LogP contribution in [0.4, 0.5) is 0 Å². The number of carbonyl (C=O) groups is 1. The smallest absolute Gasteiger partial charge is 0.253 e. The van der Waals surface area contributed by atoms with Crippen molar-refractivity contribution in [2.75, 3.05) is 20.8 Å². The van der Waals surface area contributed by atoms with Gasteiger partial charge >= 0.3 is 0 Å². The third-order valence-corrected chi connectivity index (χ3v) is 6.08. The molecule has 4 aromatic rings. The van der Waals surface area contributed by atoms with Crippen molar-refractivity contribution in [3.8, 4) is 17.2 Å². The second-order valence-corrected chi connectivity index (χ2v) is 8.17. The molecule has 0 bridgehead atoms. The fourth-order valence-corrected chi connectivity index (χ4v) is 4.24. The summed E-state index contributed by atoms with van der Waals surface area (Å²) in [5.41, 5.74) is 7.63. The summed E-state index contributed by atoms with van der Waals surface area (Å²) in [6.07, 6.45) is 3.81. The molecule has 7 nitrogen and oxygen atoms in total. The van der Waals surface area contributed by atoms with E-state index in [1.807, 2.05) is 71.6 Å². The van der Waals surface area contributed by atoms with Gasteiger partial charge in [0.25, 0.3) is 5.91 Å². The second kappa shape index (κ2) is 9.31. The van der Waals surface area contributed by atoms with E-state index in [1.54, 1.807) is 14.2 Å². The summed E-state index contributed by atoms with van der Waals surface area (Å²) in [7, 11) is 3.28. The number of methoxy groups -OCH3 is 2. The van der Waals surface area contributed by atoms with Crippen LogP contribution in [-0.2, 0) is 6.54 Å². The third kappa shape index (κ3) is 4.20. The lowest BCUT2D eigenvalue weighted by atomic mass is 9.99. The molecule has 2 N–H and O–H groups in total. The summed E-state index contributed by atoms with van der Waals surface area (Å²) >= 11 is 0. The number of amides is 1. The van der Waals surface area contributed by atoms with Crippen LogP contribution in [0.3, 0.4) is 0 Å². The van der Waals surface area contributed by atoms with Gasteiger partial charge in [-0.3, -0.25) is 4.79 Å². The van der Waals surface area contributed by atoms with Gasteiger partial charge in [0.1, 0.15) is 11.5 Å². The van der Waals surface area contributed by atoms with Crippen LogP contribution < -0.4 is 20.2 Å². The maximum atomic E-state index is 13.3. The molecular weight excluding hydrogens is 428 g/mol. The number of rotatable bonds is 7. The zero-order chi connectivity index (χ0) is 23.5. The Balaban J connectivity index is 1.53. The van der Waals surface area contributed by atoms with Gasteiger partial charge in [0.05, 0.1) is 25.3 Å². The minimum atomic E-state index is -0.133. The average molecular weight is 455 g/mol. The highest BCUT2D eigenvalue weighted by Gasteiger charge is 2.19. The Bertz CT molecular complexity index is 1380. The number of aromatic nitrogens is 1. The van der Waals surface area contributed by atoms with Crippen LogP contribution in [0.5, 0.6) is 11.5 Å². The van der Waals surface area contributed by atoms with Gasteiger partial charge in [0, 0.05) is 48.6 Å². The van der Waals surface area contributed by atoms with Crippen molar-refractivity contribution in [2.45, 2.75) is 12.5 Å². The first-order valence-electron chi connectivity index (χ1n) is 11.1. The van der Waals surface area contributed by atoms with Crippen LogP contribution in [0.15, 0.2) is 78.0 Å². The molecule has 1 atom stereocenters. The Morgan fingerprint density at radius 2 is 1.85 bits per heavy atom. The molecule has 34 heavy (non-hydrogen) atoms. The van der Waals surface area contributed by atoms with Crippen LogP contribution in [-0.4, -0.2) is 37.5 Å². The SMILES string of the molecule is COc1cccc(CNC(=O)c2cn(-c3cccc(OC)c3)c3cc(C4C=NNC4)ccc23)c1. The number of hydrogen-bond acceptors (Lipinski definition) is 5. The van der Waals surface area contributed by atoms with Crippen LogP contribution in [0.25, 0.3) is 16.6 Å². The van der Waals surface area contributed by atoms with Crippen molar-refractivity contribution in [1.82, 2.24) is 15.3 Å². The van der Waals surface area contributed by atoms with Gasteiger partial charge in [0.15, 0.2) is 0 Å². The predicted octanol–water partition coefficient (Wildman–Crippen LogP) is 4.25. The van der Waals surface area contributed by atoms with Crippen LogP contribution >= 0.6 is 0 Å². The highest BCUT2D eigenvalue weighted by Crippen LogP contribution is 2.30. The van der Waals surface area contributed by atoms with E-state index in [-0.39, 0.29) is 11.8 Å². The Hall–Kier alpha value is -4.26. The molecule has 0 saturated carbocycles. The number of hydrazone groups is 1. The molecule has 0 fully saturated rings. The molecule has 1 aliphatic rings. The Labute approximate surface area is 198 Å². The van der Waals surface area contributed by atoms with Crippen LogP contribution in [0.2, 0.25) is 0 Å². The zero-order valence-electron chi connectivity index (χ0n) is 19.1. The summed E-state index contributed by atoms with van der Waals surface area (Å²) in [6.45, 7) is 1.17. The van der Waals surface area contributed by atoms with Crippen molar-refractivity contribution >= 4 is 23.0 Å². The van der Waals surface area contributed by atoms with Gasteiger partial charge in [-0.05, 0) is 41.5 Å². The molecule has 1 amide bonds. The summed E-state index contributed by atoms with van der Waals surface area (Å²) in [5, 5.41) is 8.09. The van der Waals surface area contributed by atoms with E-state index in [1.165, 1.54) is 0 Å². The number of hydrogen-bond donors (Lipinski definition) is 2. The first kappa shape index (κ1) is 21.6. The highest BCUT2D eigenvalue weighted by atomic mass is 16.5. The number of nitrogens with one attached hydrogen (secondary N) is 2. The van der Waals surface area contributed by atoms with E-state index in [0.29, 0.717) is 12.1 Å². The van der Waals surface area contributed by atoms with Crippen LogP contribution in [0.1, 0.15) is 27.4 Å². The third-order valence-electron chi connectivity index (χ3n) is 6.08. The van der Waals surface area contributed by atoms with E-state index in [9.17, 15) is 4.79 Å². The largest absolute Gasteiger partial charge is 0.497 e. The molecule has 172 valence electrons. The van der Waals surface area contributed by atoms with E-state index >= 15 is 0 Å². The van der Waals surface area contributed by atoms with Crippen LogP contribution in [0, 0.1) is 0 Å². The molecule has 0 saturated heterocycles. The summed E-state index contributed by atoms with van der Waals surface area (Å²) in [6, 6.07) is 21.7. The molecule has 0 spiro atoms. The van der Waals surface area contributed by atoms with Gasteiger partial charge < -0.3 is 24.8 Å². The highest BCUT2D eigenvalue weighted by molar-refractivity contribution is 6.07. The Kier molecular flexibility index (Phi) is 5.91. The minimum absolute atomic E-state index is 0.133. The van der Waals surface area contributed by atoms with Gasteiger partial charge in [0.2, 0.25) is 0 Å². The lowest BCUT2D eigenvalue weighted by Gasteiger charge is -2.10. The van der Waals surface area contributed by atoms with Gasteiger partial charge in [-0.1, -0.05) is 30.3 Å². The molecule has 0 aliphatic carbocycles. The number of ether oxygens (including phenoxy) is 2. The molecule has 0 radical (unpaired) electrons. The maximum absolute atomic E-state index is 13.3. The first-order chi connectivity index (χ1) is 16.7. The predicted molar refractivity (Wildman–Crippen MR) is 133 cm³/mol. The lowest BCUT2D eigenvalue weighted by Crippen LogP contribution is -2.22. The number of benzene rings is 3. The number of nitrogens with zero attached hydrogens (tertiary/aromatic N) is 2. The molecule has 1 unspecified atom stereocenters. The molecule has 7 heteroatoms. The average Bonchev–Trinajstić information content (AvgIpc) is 3.56. The van der Waals surface area contributed by atoms with Gasteiger partial charge in [-0.25, -0.2) is 0 Å². The Morgan fingerprint density at radius 1 is 1.06 bits per heavy atom. The van der Waals surface area contributed by atoms with E-state index < -0.39 is 0 Å². The fraction of sp³-hybridized carbons (Fsp3) is 0.185. The molecule has 1 aliphatic heterocycles. The maximum Gasteiger partial charge on any atom is 0.253 e. The number of carbonyl (C=O) groups excluding carboxylic acids is 1. The zero-order valence-corrected chi connectivity index (χ0v) is 19.1. The lowest BCUT2D eigenvalue weighted by molar-refractivity contribution is 0.0952.